The molecule has 0 amide bonds. The van der Waals surface area contributed by atoms with Gasteiger partial charge >= 0.3 is 0 Å². The molecule has 92 valence electrons. The summed E-state index contributed by atoms with van der Waals surface area (Å²) >= 11 is 5.25. The molecule has 0 atom stereocenters. The molecule has 4 nitrogen and oxygen atoms in total. The Balaban J connectivity index is 2.97. The van der Waals surface area contributed by atoms with Gasteiger partial charge in [-0.15, -0.1) is 0 Å². The van der Waals surface area contributed by atoms with Crippen LogP contribution in [0.5, 0.6) is 0 Å². The van der Waals surface area contributed by atoms with E-state index in [9.17, 15) is 12.8 Å². The van der Waals surface area contributed by atoms with Crippen LogP contribution in [0.3, 0.4) is 0 Å². The van der Waals surface area contributed by atoms with Crippen molar-refractivity contribution in [2.24, 2.45) is 5.73 Å². The third-order valence-corrected chi connectivity index (χ3v) is 3.65. The van der Waals surface area contributed by atoms with Crippen molar-refractivity contribution >= 4 is 26.6 Å². The number of sulfone groups is 1. The average molecular weight is 277 g/mol. The molecule has 1 aromatic carbocycles. The number of hydrogen-bond acceptors (Lipinski definition) is 4. The van der Waals surface area contributed by atoms with Crippen LogP contribution in [0, 0.1) is 11.2 Å². The SMILES string of the molecule is N=C(Cl)/C=C(\N)CS(=O)(=O)c1ccc(F)cc1. The fraction of sp³-hybridized carbons (Fsp3) is 0.100. The summed E-state index contributed by atoms with van der Waals surface area (Å²) in [6.45, 7) is 0. The van der Waals surface area contributed by atoms with Gasteiger partial charge in [-0.1, -0.05) is 11.6 Å². The largest absolute Gasteiger partial charge is 0.401 e. The normalized spacial score (nSPS) is 12.5. The lowest BCUT2D eigenvalue weighted by Gasteiger charge is -2.04. The van der Waals surface area contributed by atoms with Gasteiger partial charge in [0.25, 0.3) is 0 Å². The van der Waals surface area contributed by atoms with Crippen molar-refractivity contribution in [3.63, 3.8) is 0 Å². The minimum atomic E-state index is -3.64. The van der Waals surface area contributed by atoms with Crippen molar-refractivity contribution in [1.82, 2.24) is 0 Å². The highest BCUT2D eigenvalue weighted by Gasteiger charge is 2.15. The van der Waals surface area contributed by atoms with E-state index < -0.39 is 21.4 Å². The first kappa shape index (κ1) is 13.7. The molecule has 7 heteroatoms. The molecular weight excluding hydrogens is 267 g/mol. The van der Waals surface area contributed by atoms with E-state index in [2.05, 4.69) is 0 Å². The molecule has 0 bridgehead atoms. The summed E-state index contributed by atoms with van der Waals surface area (Å²) in [5.74, 6) is -0.983. The van der Waals surface area contributed by atoms with Gasteiger partial charge in [-0.05, 0) is 30.3 Å². The highest BCUT2D eigenvalue weighted by atomic mass is 35.5. The average Bonchev–Trinajstić information content (AvgIpc) is 2.15. The van der Waals surface area contributed by atoms with Crippen molar-refractivity contribution in [2.45, 2.75) is 4.90 Å². The van der Waals surface area contributed by atoms with E-state index in [4.69, 9.17) is 22.7 Å². The quantitative estimate of drug-likeness (QED) is 0.648. The van der Waals surface area contributed by atoms with Gasteiger partial charge in [0, 0.05) is 5.70 Å². The molecule has 0 saturated carbocycles. The summed E-state index contributed by atoms with van der Waals surface area (Å²) in [6.07, 6.45) is 1.04. The number of allylic oxidation sites excluding steroid dienone is 1. The zero-order valence-corrected chi connectivity index (χ0v) is 10.2. The third kappa shape index (κ3) is 4.16. The molecule has 0 spiro atoms. The Morgan fingerprint density at radius 1 is 1.41 bits per heavy atom. The van der Waals surface area contributed by atoms with E-state index in [0.29, 0.717) is 0 Å². The Kier molecular flexibility index (Phi) is 4.25. The van der Waals surface area contributed by atoms with E-state index >= 15 is 0 Å². The number of nitrogens with one attached hydrogen (secondary N) is 1. The lowest BCUT2D eigenvalue weighted by Crippen LogP contribution is -2.15. The van der Waals surface area contributed by atoms with Crippen LogP contribution in [0.2, 0.25) is 0 Å². The molecule has 0 fully saturated rings. The predicted octanol–water partition coefficient (Wildman–Crippen LogP) is 1.66. The molecule has 0 radical (unpaired) electrons. The lowest BCUT2D eigenvalue weighted by molar-refractivity contribution is 0.596. The second-order valence-corrected chi connectivity index (χ2v) is 5.68. The third-order valence-electron chi connectivity index (χ3n) is 1.84. The topological polar surface area (TPSA) is 84.0 Å². The molecule has 17 heavy (non-hydrogen) atoms. The maximum absolute atomic E-state index is 12.6. The van der Waals surface area contributed by atoms with Gasteiger partial charge in [-0.25, -0.2) is 12.8 Å². The lowest BCUT2D eigenvalue weighted by atomic mass is 10.4. The van der Waals surface area contributed by atoms with Crippen LogP contribution in [0.4, 0.5) is 4.39 Å². The minimum Gasteiger partial charge on any atom is -0.401 e. The standard InChI is InChI=1S/C10H10ClFN2O2S/c11-10(14)5-8(13)6-17(15,16)9-3-1-7(12)2-4-9/h1-5,14H,6,13H2/b8-5-,14-10?. The second-order valence-electron chi connectivity index (χ2n) is 3.28. The fourth-order valence-electron chi connectivity index (χ4n) is 1.15. The monoisotopic (exact) mass is 276 g/mol. The van der Waals surface area contributed by atoms with Gasteiger partial charge in [-0.3, -0.25) is 5.41 Å². The summed E-state index contributed by atoms with van der Waals surface area (Å²) in [5, 5.41) is 6.58. The van der Waals surface area contributed by atoms with Gasteiger partial charge in [0.05, 0.1) is 10.6 Å². The van der Waals surface area contributed by atoms with E-state index in [1.807, 2.05) is 0 Å². The molecule has 0 aliphatic carbocycles. The van der Waals surface area contributed by atoms with E-state index in [1.165, 1.54) is 0 Å². The number of hydrogen-bond donors (Lipinski definition) is 2. The highest BCUT2D eigenvalue weighted by Crippen LogP contribution is 2.13. The fourth-order valence-corrected chi connectivity index (χ4v) is 2.53. The summed E-state index contributed by atoms with van der Waals surface area (Å²) in [7, 11) is -3.64. The number of halogens is 2. The number of benzene rings is 1. The Bertz CT molecular complexity index is 552. The molecule has 0 aromatic heterocycles. The molecule has 0 saturated heterocycles. The minimum absolute atomic E-state index is 0.0312. The summed E-state index contributed by atoms with van der Waals surface area (Å²) in [4.78, 5) is -0.0312. The smallest absolute Gasteiger partial charge is 0.183 e. The van der Waals surface area contributed by atoms with Crippen LogP contribution in [0.1, 0.15) is 0 Å². The molecule has 0 unspecified atom stereocenters. The van der Waals surface area contributed by atoms with E-state index in [-0.39, 0.29) is 15.8 Å². The predicted molar refractivity (Wildman–Crippen MR) is 64.3 cm³/mol. The zero-order chi connectivity index (χ0) is 13.1. The molecule has 1 aromatic rings. The van der Waals surface area contributed by atoms with E-state index in [1.54, 1.807) is 0 Å². The van der Waals surface area contributed by atoms with Crippen LogP contribution >= 0.6 is 11.6 Å². The van der Waals surface area contributed by atoms with Crippen molar-refractivity contribution in [3.05, 3.63) is 41.9 Å². The Morgan fingerprint density at radius 2 is 1.94 bits per heavy atom. The van der Waals surface area contributed by atoms with Crippen molar-refractivity contribution < 1.29 is 12.8 Å². The van der Waals surface area contributed by atoms with E-state index in [0.717, 1.165) is 30.3 Å². The molecule has 0 heterocycles. The van der Waals surface area contributed by atoms with Crippen LogP contribution in [-0.4, -0.2) is 19.3 Å². The van der Waals surface area contributed by atoms with Crippen LogP contribution in [0.15, 0.2) is 40.9 Å². The van der Waals surface area contributed by atoms with Crippen molar-refractivity contribution in [2.75, 3.05) is 5.75 Å². The zero-order valence-electron chi connectivity index (χ0n) is 8.65. The Hall–Kier alpha value is -1.40. The molecular formula is C10H10ClFN2O2S. The van der Waals surface area contributed by atoms with Gasteiger partial charge in [0.1, 0.15) is 11.0 Å². The molecule has 3 N–H and O–H groups in total. The van der Waals surface area contributed by atoms with Gasteiger partial charge in [0.15, 0.2) is 9.84 Å². The molecule has 0 aliphatic heterocycles. The van der Waals surface area contributed by atoms with Gasteiger partial charge in [-0.2, -0.15) is 0 Å². The summed E-state index contributed by atoms with van der Waals surface area (Å²) in [5.41, 5.74) is 5.36. The number of nitrogens with two attached hydrogens (primary N) is 1. The van der Waals surface area contributed by atoms with Crippen LogP contribution in [-0.2, 0) is 9.84 Å². The first-order valence-electron chi connectivity index (χ1n) is 4.50. The summed E-state index contributed by atoms with van der Waals surface area (Å²) in [6, 6.07) is 4.42. The summed E-state index contributed by atoms with van der Waals surface area (Å²) < 4.78 is 36.2. The first-order valence-corrected chi connectivity index (χ1v) is 6.53. The Labute approximate surface area is 103 Å². The van der Waals surface area contributed by atoms with Crippen molar-refractivity contribution in [3.8, 4) is 0 Å². The maximum atomic E-state index is 12.6. The van der Waals surface area contributed by atoms with Crippen molar-refractivity contribution in [1.29, 1.82) is 5.41 Å². The number of rotatable bonds is 4. The van der Waals surface area contributed by atoms with Crippen LogP contribution < -0.4 is 5.73 Å². The van der Waals surface area contributed by atoms with Crippen LogP contribution in [0.25, 0.3) is 0 Å². The van der Waals surface area contributed by atoms with Gasteiger partial charge < -0.3 is 5.73 Å². The Morgan fingerprint density at radius 3 is 2.41 bits per heavy atom. The highest BCUT2D eigenvalue weighted by molar-refractivity contribution is 7.91. The molecule has 1 rings (SSSR count). The first-order chi connectivity index (χ1) is 7.81. The van der Waals surface area contributed by atoms with Gasteiger partial charge in [0.2, 0.25) is 0 Å². The second kappa shape index (κ2) is 5.29. The molecule has 0 aliphatic rings. The maximum Gasteiger partial charge on any atom is 0.183 e.